The quantitative estimate of drug-likeness (QED) is 0.759. The SMILES string of the molecule is CCc1ccsc1CNC(C)c1ccc(-n2cnnn2)cc1. The summed E-state index contributed by atoms with van der Waals surface area (Å²) in [6.45, 7) is 5.30. The fraction of sp³-hybridized carbons (Fsp3) is 0.312. The Hall–Kier alpha value is -2.05. The van der Waals surface area contributed by atoms with Crippen LogP contribution in [0.25, 0.3) is 5.69 Å². The van der Waals surface area contributed by atoms with Gasteiger partial charge in [-0.15, -0.1) is 16.4 Å². The van der Waals surface area contributed by atoms with Gasteiger partial charge in [0.15, 0.2) is 0 Å². The van der Waals surface area contributed by atoms with Crippen LogP contribution < -0.4 is 5.32 Å². The molecule has 0 aliphatic heterocycles. The van der Waals surface area contributed by atoms with Crippen LogP contribution in [0.4, 0.5) is 0 Å². The first-order valence-corrected chi connectivity index (χ1v) is 8.28. The maximum Gasteiger partial charge on any atom is 0.143 e. The van der Waals surface area contributed by atoms with Crippen LogP contribution in [0, 0.1) is 0 Å². The van der Waals surface area contributed by atoms with E-state index in [0.717, 1.165) is 18.7 Å². The van der Waals surface area contributed by atoms with E-state index in [9.17, 15) is 0 Å². The van der Waals surface area contributed by atoms with Crippen LogP contribution in [0.15, 0.2) is 42.0 Å². The van der Waals surface area contributed by atoms with Crippen molar-refractivity contribution in [2.45, 2.75) is 32.9 Å². The second-order valence-electron chi connectivity index (χ2n) is 5.17. The second-order valence-corrected chi connectivity index (χ2v) is 6.17. The highest BCUT2D eigenvalue weighted by molar-refractivity contribution is 7.10. The molecule has 1 aromatic carbocycles. The first-order valence-electron chi connectivity index (χ1n) is 7.40. The van der Waals surface area contributed by atoms with E-state index in [0.29, 0.717) is 6.04 Å². The molecule has 1 unspecified atom stereocenters. The fourth-order valence-corrected chi connectivity index (χ4v) is 3.32. The van der Waals surface area contributed by atoms with E-state index in [4.69, 9.17) is 0 Å². The van der Waals surface area contributed by atoms with Crippen molar-refractivity contribution in [2.75, 3.05) is 0 Å². The zero-order valence-corrected chi connectivity index (χ0v) is 13.5. The van der Waals surface area contributed by atoms with Gasteiger partial charge in [0, 0.05) is 17.5 Å². The van der Waals surface area contributed by atoms with Crippen molar-refractivity contribution in [1.82, 2.24) is 25.5 Å². The normalized spacial score (nSPS) is 12.5. The Morgan fingerprint density at radius 3 is 2.73 bits per heavy atom. The number of tetrazole rings is 1. The Balaban J connectivity index is 1.64. The van der Waals surface area contributed by atoms with Gasteiger partial charge in [-0.05, 0) is 58.5 Å². The Bertz CT molecular complexity index is 702. The minimum atomic E-state index is 0.301. The molecule has 2 aromatic heterocycles. The van der Waals surface area contributed by atoms with Crippen LogP contribution >= 0.6 is 11.3 Å². The van der Waals surface area contributed by atoms with E-state index >= 15 is 0 Å². The zero-order chi connectivity index (χ0) is 15.4. The van der Waals surface area contributed by atoms with E-state index in [1.807, 2.05) is 23.5 Å². The average molecular weight is 313 g/mol. The zero-order valence-electron chi connectivity index (χ0n) is 12.7. The van der Waals surface area contributed by atoms with Crippen LogP contribution in [0.3, 0.4) is 0 Å². The first-order chi connectivity index (χ1) is 10.8. The number of hydrogen-bond donors (Lipinski definition) is 1. The van der Waals surface area contributed by atoms with Gasteiger partial charge in [-0.25, -0.2) is 4.68 Å². The summed E-state index contributed by atoms with van der Waals surface area (Å²) in [6, 6.07) is 10.8. The van der Waals surface area contributed by atoms with Crippen LogP contribution in [0.1, 0.15) is 35.9 Å². The van der Waals surface area contributed by atoms with Crippen molar-refractivity contribution in [1.29, 1.82) is 0 Å². The highest BCUT2D eigenvalue weighted by Crippen LogP contribution is 2.20. The minimum Gasteiger partial charge on any atom is -0.305 e. The monoisotopic (exact) mass is 313 g/mol. The van der Waals surface area contributed by atoms with Gasteiger partial charge in [-0.1, -0.05) is 19.1 Å². The molecule has 6 heteroatoms. The summed E-state index contributed by atoms with van der Waals surface area (Å²) in [5, 5.41) is 17.0. The van der Waals surface area contributed by atoms with Crippen LogP contribution in [-0.4, -0.2) is 20.2 Å². The number of aryl methyl sites for hydroxylation is 1. The van der Waals surface area contributed by atoms with Gasteiger partial charge in [-0.2, -0.15) is 0 Å². The molecule has 0 bridgehead atoms. The van der Waals surface area contributed by atoms with E-state index in [1.54, 1.807) is 11.0 Å². The molecule has 0 radical (unpaired) electrons. The number of nitrogens with one attached hydrogen (secondary N) is 1. The molecule has 1 N–H and O–H groups in total. The second kappa shape index (κ2) is 6.81. The third-order valence-electron chi connectivity index (χ3n) is 3.79. The molecule has 3 aromatic rings. The molecule has 22 heavy (non-hydrogen) atoms. The Morgan fingerprint density at radius 1 is 1.23 bits per heavy atom. The van der Waals surface area contributed by atoms with Crippen molar-refractivity contribution in [3.05, 3.63) is 58.0 Å². The van der Waals surface area contributed by atoms with Crippen molar-refractivity contribution < 1.29 is 0 Å². The van der Waals surface area contributed by atoms with Gasteiger partial charge in [0.2, 0.25) is 0 Å². The Labute approximate surface area is 134 Å². The van der Waals surface area contributed by atoms with Gasteiger partial charge in [0.05, 0.1) is 5.69 Å². The molecular weight excluding hydrogens is 294 g/mol. The van der Waals surface area contributed by atoms with E-state index in [2.05, 4.69) is 58.3 Å². The topological polar surface area (TPSA) is 55.6 Å². The lowest BCUT2D eigenvalue weighted by molar-refractivity contribution is 0.577. The molecule has 3 rings (SSSR count). The maximum absolute atomic E-state index is 3.89. The molecule has 0 saturated carbocycles. The third kappa shape index (κ3) is 3.23. The van der Waals surface area contributed by atoms with Crippen molar-refractivity contribution >= 4 is 11.3 Å². The van der Waals surface area contributed by atoms with Crippen molar-refractivity contribution in [2.24, 2.45) is 0 Å². The van der Waals surface area contributed by atoms with Crippen LogP contribution in [0.5, 0.6) is 0 Å². The highest BCUT2D eigenvalue weighted by Gasteiger charge is 2.08. The van der Waals surface area contributed by atoms with Crippen LogP contribution in [-0.2, 0) is 13.0 Å². The van der Waals surface area contributed by atoms with Gasteiger partial charge in [-0.3, -0.25) is 0 Å². The summed E-state index contributed by atoms with van der Waals surface area (Å²) in [7, 11) is 0. The number of thiophene rings is 1. The number of nitrogens with zero attached hydrogens (tertiary/aromatic N) is 4. The molecular formula is C16H19N5S. The molecule has 114 valence electrons. The molecule has 0 spiro atoms. The van der Waals surface area contributed by atoms with Crippen molar-refractivity contribution in [3.63, 3.8) is 0 Å². The predicted molar refractivity (Wildman–Crippen MR) is 88.1 cm³/mol. The summed E-state index contributed by atoms with van der Waals surface area (Å²) < 4.78 is 1.65. The summed E-state index contributed by atoms with van der Waals surface area (Å²) in [6.07, 6.45) is 2.69. The van der Waals surface area contributed by atoms with Crippen molar-refractivity contribution in [3.8, 4) is 5.69 Å². The highest BCUT2D eigenvalue weighted by atomic mass is 32.1. The molecule has 2 heterocycles. The maximum atomic E-state index is 3.89. The molecule has 0 saturated heterocycles. The number of rotatable bonds is 6. The van der Waals surface area contributed by atoms with Gasteiger partial charge in [0.1, 0.15) is 6.33 Å². The molecule has 1 atom stereocenters. The lowest BCUT2D eigenvalue weighted by atomic mass is 10.1. The van der Waals surface area contributed by atoms with E-state index in [1.165, 1.54) is 16.0 Å². The summed E-state index contributed by atoms with van der Waals surface area (Å²) in [5.74, 6) is 0. The fourth-order valence-electron chi connectivity index (χ4n) is 2.40. The summed E-state index contributed by atoms with van der Waals surface area (Å²) in [5.41, 5.74) is 3.66. The minimum absolute atomic E-state index is 0.301. The van der Waals surface area contributed by atoms with Gasteiger partial charge in [0.25, 0.3) is 0 Å². The molecule has 0 fully saturated rings. The third-order valence-corrected chi connectivity index (χ3v) is 4.76. The molecule has 0 aliphatic carbocycles. The standard InChI is InChI=1S/C16H19N5S/c1-3-13-8-9-22-16(13)10-17-12(2)14-4-6-15(7-5-14)21-11-18-19-20-21/h4-9,11-12,17H,3,10H2,1-2H3. The van der Waals surface area contributed by atoms with E-state index in [-0.39, 0.29) is 0 Å². The average Bonchev–Trinajstić information content (AvgIpc) is 3.24. The first kappa shape index (κ1) is 14.9. The Kier molecular flexibility index (Phi) is 4.60. The van der Waals surface area contributed by atoms with E-state index < -0.39 is 0 Å². The molecule has 5 nitrogen and oxygen atoms in total. The number of benzene rings is 1. The summed E-state index contributed by atoms with van der Waals surface area (Å²) in [4.78, 5) is 1.43. The van der Waals surface area contributed by atoms with Gasteiger partial charge >= 0.3 is 0 Å². The molecule has 0 aliphatic rings. The smallest absolute Gasteiger partial charge is 0.143 e. The number of hydrogen-bond acceptors (Lipinski definition) is 5. The summed E-state index contributed by atoms with van der Waals surface area (Å²) >= 11 is 1.82. The number of aromatic nitrogens is 4. The largest absolute Gasteiger partial charge is 0.305 e. The lowest BCUT2D eigenvalue weighted by Crippen LogP contribution is -2.18. The molecule has 0 amide bonds. The predicted octanol–water partition coefficient (Wildman–Crippen LogP) is 3.14. The Morgan fingerprint density at radius 2 is 2.05 bits per heavy atom. The van der Waals surface area contributed by atoms with Crippen LogP contribution in [0.2, 0.25) is 0 Å². The lowest BCUT2D eigenvalue weighted by Gasteiger charge is -2.15. The van der Waals surface area contributed by atoms with Gasteiger partial charge < -0.3 is 5.32 Å².